The summed E-state index contributed by atoms with van der Waals surface area (Å²) >= 11 is 3.49. The molecule has 3 aromatic rings. The smallest absolute Gasteiger partial charge is 0.0175 e. The predicted molar refractivity (Wildman–Crippen MR) is 84.5 cm³/mol. The fourth-order valence-corrected chi connectivity index (χ4v) is 3.35. The molecule has 1 aliphatic rings. The van der Waals surface area contributed by atoms with E-state index in [0.29, 0.717) is 0 Å². The van der Waals surface area contributed by atoms with E-state index in [4.69, 9.17) is 0 Å². The molecular weight excluding hydrogens is 296 g/mol. The molecule has 0 unspecified atom stereocenters. The van der Waals surface area contributed by atoms with Crippen LogP contribution in [0.2, 0.25) is 0 Å². The summed E-state index contributed by atoms with van der Waals surface area (Å²) in [5.74, 6) is 0. The molecule has 0 amide bonds. The minimum atomic E-state index is 1.13. The first kappa shape index (κ1) is 11.2. The van der Waals surface area contributed by atoms with Gasteiger partial charge in [0, 0.05) is 4.47 Å². The highest BCUT2D eigenvalue weighted by atomic mass is 79.9. The summed E-state index contributed by atoms with van der Waals surface area (Å²) in [6.07, 6.45) is 2.37. The molecule has 0 fully saturated rings. The molecule has 0 N–H and O–H groups in total. The van der Waals surface area contributed by atoms with Gasteiger partial charge in [-0.3, -0.25) is 0 Å². The maximum Gasteiger partial charge on any atom is 0.0175 e. The largest absolute Gasteiger partial charge is 0.0614 e. The standard InChI is InChI=1S/C18H13Br/c19-17-8-6-12(7-9-17)16-10-14-3-1-2-13-4-5-15(11-16)18(13)14/h1-3,6-11H,4-5H2. The Labute approximate surface area is 121 Å². The molecular formula is C18H13Br. The van der Waals surface area contributed by atoms with Crippen LogP contribution in [0.15, 0.2) is 59.1 Å². The minimum absolute atomic E-state index is 1.13. The summed E-state index contributed by atoms with van der Waals surface area (Å²) in [6, 6.07) is 19.9. The Kier molecular flexibility index (Phi) is 2.49. The molecule has 4 rings (SSSR count). The summed E-state index contributed by atoms with van der Waals surface area (Å²) in [5, 5.41) is 2.87. The third-order valence-corrected chi connectivity index (χ3v) is 4.51. The highest BCUT2D eigenvalue weighted by Crippen LogP contribution is 2.35. The predicted octanol–water partition coefficient (Wildman–Crippen LogP) is 5.37. The van der Waals surface area contributed by atoms with Crippen molar-refractivity contribution in [3.8, 4) is 11.1 Å². The van der Waals surface area contributed by atoms with E-state index >= 15 is 0 Å². The molecule has 0 atom stereocenters. The Morgan fingerprint density at radius 2 is 1.53 bits per heavy atom. The molecule has 0 heterocycles. The highest BCUT2D eigenvalue weighted by Gasteiger charge is 2.15. The average Bonchev–Trinajstić information content (AvgIpc) is 2.85. The van der Waals surface area contributed by atoms with E-state index in [-0.39, 0.29) is 0 Å². The normalized spacial score (nSPS) is 13.1. The Bertz CT molecular complexity index is 770. The molecule has 19 heavy (non-hydrogen) atoms. The first-order valence-corrected chi connectivity index (χ1v) is 7.41. The molecule has 1 heteroatoms. The van der Waals surface area contributed by atoms with Crippen LogP contribution in [-0.4, -0.2) is 0 Å². The third-order valence-electron chi connectivity index (χ3n) is 3.99. The van der Waals surface area contributed by atoms with Gasteiger partial charge in [-0.15, -0.1) is 0 Å². The lowest BCUT2D eigenvalue weighted by Gasteiger charge is -2.07. The lowest BCUT2D eigenvalue weighted by atomic mass is 9.97. The van der Waals surface area contributed by atoms with Gasteiger partial charge in [0.2, 0.25) is 0 Å². The van der Waals surface area contributed by atoms with Crippen LogP contribution in [0.1, 0.15) is 11.1 Å². The number of hydrogen-bond donors (Lipinski definition) is 0. The van der Waals surface area contributed by atoms with Gasteiger partial charge in [0.15, 0.2) is 0 Å². The second-order valence-electron chi connectivity index (χ2n) is 5.16. The SMILES string of the molecule is Brc1ccc(-c2cc3c4c(cccc4c2)CC3)cc1. The van der Waals surface area contributed by atoms with E-state index in [1.807, 2.05) is 0 Å². The average molecular weight is 309 g/mol. The summed E-state index contributed by atoms with van der Waals surface area (Å²) in [5.41, 5.74) is 5.63. The van der Waals surface area contributed by atoms with Gasteiger partial charge in [-0.2, -0.15) is 0 Å². The molecule has 0 bridgehead atoms. The van der Waals surface area contributed by atoms with Crippen molar-refractivity contribution >= 4 is 26.7 Å². The molecule has 0 saturated carbocycles. The van der Waals surface area contributed by atoms with Gasteiger partial charge in [-0.1, -0.05) is 52.3 Å². The molecule has 0 aromatic heterocycles. The van der Waals surface area contributed by atoms with Crippen molar-refractivity contribution in [2.75, 3.05) is 0 Å². The van der Waals surface area contributed by atoms with Crippen LogP contribution in [0.5, 0.6) is 0 Å². The van der Waals surface area contributed by atoms with Crippen molar-refractivity contribution in [2.45, 2.75) is 12.8 Å². The van der Waals surface area contributed by atoms with Gasteiger partial charge in [0.05, 0.1) is 0 Å². The summed E-state index contributed by atoms with van der Waals surface area (Å²) < 4.78 is 1.13. The Morgan fingerprint density at radius 1 is 0.737 bits per heavy atom. The van der Waals surface area contributed by atoms with Crippen LogP contribution in [0.25, 0.3) is 21.9 Å². The van der Waals surface area contributed by atoms with Crippen LogP contribution in [0.3, 0.4) is 0 Å². The molecule has 0 saturated heterocycles. The van der Waals surface area contributed by atoms with E-state index in [1.54, 1.807) is 0 Å². The molecule has 3 aromatic carbocycles. The summed E-state index contributed by atoms with van der Waals surface area (Å²) in [6.45, 7) is 0. The monoisotopic (exact) mass is 308 g/mol. The van der Waals surface area contributed by atoms with Gasteiger partial charge in [-0.25, -0.2) is 0 Å². The number of halogens is 1. The van der Waals surface area contributed by atoms with E-state index in [2.05, 4.69) is 70.5 Å². The van der Waals surface area contributed by atoms with Crippen LogP contribution >= 0.6 is 15.9 Å². The first-order chi connectivity index (χ1) is 9.31. The van der Waals surface area contributed by atoms with E-state index in [0.717, 1.165) is 4.47 Å². The van der Waals surface area contributed by atoms with Crippen molar-refractivity contribution in [3.05, 3.63) is 70.2 Å². The fourth-order valence-electron chi connectivity index (χ4n) is 3.08. The van der Waals surface area contributed by atoms with E-state index in [1.165, 1.54) is 45.9 Å². The minimum Gasteiger partial charge on any atom is -0.0614 e. The quantitative estimate of drug-likeness (QED) is 0.567. The Morgan fingerprint density at radius 3 is 2.37 bits per heavy atom. The second-order valence-corrected chi connectivity index (χ2v) is 6.07. The van der Waals surface area contributed by atoms with Crippen molar-refractivity contribution in [1.29, 1.82) is 0 Å². The lowest BCUT2D eigenvalue weighted by molar-refractivity contribution is 1.02. The van der Waals surface area contributed by atoms with Crippen molar-refractivity contribution in [2.24, 2.45) is 0 Å². The van der Waals surface area contributed by atoms with Gasteiger partial charge in [0.25, 0.3) is 0 Å². The zero-order chi connectivity index (χ0) is 12.8. The molecule has 0 spiro atoms. The Balaban J connectivity index is 1.96. The second kappa shape index (κ2) is 4.21. The maximum absolute atomic E-state index is 3.49. The van der Waals surface area contributed by atoms with Gasteiger partial charge >= 0.3 is 0 Å². The van der Waals surface area contributed by atoms with Crippen molar-refractivity contribution in [1.82, 2.24) is 0 Å². The zero-order valence-electron chi connectivity index (χ0n) is 10.5. The number of hydrogen-bond acceptors (Lipinski definition) is 0. The summed E-state index contributed by atoms with van der Waals surface area (Å²) in [4.78, 5) is 0. The maximum atomic E-state index is 3.49. The molecule has 92 valence electrons. The lowest BCUT2D eigenvalue weighted by Crippen LogP contribution is -1.83. The van der Waals surface area contributed by atoms with Crippen LogP contribution in [0.4, 0.5) is 0 Å². The molecule has 0 radical (unpaired) electrons. The molecule has 0 nitrogen and oxygen atoms in total. The number of rotatable bonds is 1. The van der Waals surface area contributed by atoms with Gasteiger partial charge in [-0.05, 0) is 64.1 Å². The van der Waals surface area contributed by atoms with Crippen molar-refractivity contribution in [3.63, 3.8) is 0 Å². The number of benzene rings is 3. The topological polar surface area (TPSA) is 0 Å². The third kappa shape index (κ3) is 1.81. The summed E-state index contributed by atoms with van der Waals surface area (Å²) in [7, 11) is 0. The van der Waals surface area contributed by atoms with E-state index < -0.39 is 0 Å². The van der Waals surface area contributed by atoms with Gasteiger partial charge < -0.3 is 0 Å². The van der Waals surface area contributed by atoms with E-state index in [9.17, 15) is 0 Å². The van der Waals surface area contributed by atoms with Crippen LogP contribution in [-0.2, 0) is 12.8 Å². The fraction of sp³-hybridized carbons (Fsp3) is 0.111. The zero-order valence-corrected chi connectivity index (χ0v) is 12.1. The highest BCUT2D eigenvalue weighted by molar-refractivity contribution is 9.10. The van der Waals surface area contributed by atoms with Gasteiger partial charge in [0.1, 0.15) is 0 Å². The van der Waals surface area contributed by atoms with Crippen LogP contribution in [0, 0.1) is 0 Å². The molecule has 0 aliphatic heterocycles. The number of aryl methyl sites for hydroxylation is 2. The Hall–Kier alpha value is -1.60. The molecule has 1 aliphatic carbocycles. The van der Waals surface area contributed by atoms with Crippen LogP contribution < -0.4 is 0 Å². The van der Waals surface area contributed by atoms with Crippen molar-refractivity contribution < 1.29 is 0 Å². The first-order valence-electron chi connectivity index (χ1n) is 6.62.